The first-order valence-electron chi connectivity index (χ1n) is 7.27. The van der Waals surface area contributed by atoms with Crippen LogP contribution in [0.25, 0.3) is 0 Å². The Bertz CT molecular complexity index is 879. The number of likely N-dealkylation sites (N-methyl/N-ethyl adjacent to an activating group) is 1. The van der Waals surface area contributed by atoms with Gasteiger partial charge in [0.1, 0.15) is 0 Å². The molecule has 0 saturated carbocycles. The van der Waals surface area contributed by atoms with Gasteiger partial charge in [-0.15, -0.1) is 0 Å². The van der Waals surface area contributed by atoms with Crippen LogP contribution in [-0.4, -0.2) is 35.6 Å². The lowest BCUT2D eigenvalue weighted by atomic mass is 9.63. The summed E-state index contributed by atoms with van der Waals surface area (Å²) >= 11 is 0. The van der Waals surface area contributed by atoms with Crippen LogP contribution in [-0.2, 0) is 9.59 Å². The molecule has 2 aliphatic heterocycles. The number of nitrogens with zero attached hydrogens (tertiary/aromatic N) is 1. The second-order valence-corrected chi connectivity index (χ2v) is 6.19. The van der Waals surface area contributed by atoms with Gasteiger partial charge in [-0.2, -0.15) is 0 Å². The molecule has 0 radical (unpaired) electrons. The minimum atomic E-state index is -0.386. The Hall–Kier alpha value is -3.02. The number of nitrogens with one attached hydrogen (secondary N) is 1. The first-order chi connectivity index (χ1) is 11.0. The lowest BCUT2D eigenvalue weighted by molar-refractivity contribution is -0.134. The number of rotatable bonds is 0. The van der Waals surface area contributed by atoms with Crippen LogP contribution in [0.1, 0.15) is 43.7 Å². The molecule has 2 aliphatic carbocycles. The third-order valence-electron chi connectivity index (χ3n) is 5.10. The summed E-state index contributed by atoms with van der Waals surface area (Å²) < 4.78 is 0. The van der Waals surface area contributed by atoms with E-state index in [-0.39, 0.29) is 35.5 Å². The van der Waals surface area contributed by atoms with Gasteiger partial charge in [0.2, 0.25) is 0 Å². The highest BCUT2D eigenvalue weighted by atomic mass is 16.2. The van der Waals surface area contributed by atoms with Crippen molar-refractivity contribution in [1.82, 2.24) is 10.2 Å². The van der Waals surface area contributed by atoms with E-state index in [9.17, 15) is 19.2 Å². The molecule has 0 bridgehead atoms. The molecule has 0 spiro atoms. The molecule has 0 unspecified atom stereocenters. The topological polar surface area (TPSA) is 83.6 Å². The normalized spacial score (nSPS) is 26.7. The van der Waals surface area contributed by atoms with E-state index in [4.69, 9.17) is 0 Å². The van der Waals surface area contributed by atoms with Crippen molar-refractivity contribution < 1.29 is 19.2 Å². The molecule has 2 heterocycles. The summed E-state index contributed by atoms with van der Waals surface area (Å²) in [5.74, 6) is -1.41. The van der Waals surface area contributed by atoms with Gasteiger partial charge in [-0.25, -0.2) is 0 Å². The van der Waals surface area contributed by atoms with E-state index in [0.717, 1.165) is 16.0 Å². The molecule has 1 fully saturated rings. The van der Waals surface area contributed by atoms with Gasteiger partial charge in [-0.3, -0.25) is 29.4 Å². The molecule has 6 nitrogen and oxygen atoms in total. The van der Waals surface area contributed by atoms with Crippen LogP contribution in [0.15, 0.2) is 35.4 Å². The summed E-state index contributed by atoms with van der Waals surface area (Å²) in [4.78, 5) is 48.9. The quantitative estimate of drug-likeness (QED) is 0.712. The Morgan fingerprint density at radius 2 is 1.26 bits per heavy atom. The first-order valence-corrected chi connectivity index (χ1v) is 7.27. The molecular weight excluding hydrogens is 296 g/mol. The SMILES string of the molecule is CN1C(=O)C2=C[C@@H]3c4cc5c(cc4[C@@H]3C=C2C1=O)C(=O)NC5=O. The number of amides is 4. The molecule has 4 aliphatic rings. The van der Waals surface area contributed by atoms with Gasteiger partial charge in [0.05, 0.1) is 11.1 Å². The molecule has 6 heteroatoms. The molecule has 5 rings (SSSR count). The minimum absolute atomic E-state index is 0.0270. The van der Waals surface area contributed by atoms with E-state index in [1.165, 1.54) is 7.05 Å². The summed E-state index contributed by atoms with van der Waals surface area (Å²) in [6, 6.07) is 3.46. The average molecular weight is 306 g/mol. The smallest absolute Gasteiger partial charge is 0.260 e. The monoisotopic (exact) mass is 306 g/mol. The van der Waals surface area contributed by atoms with E-state index < -0.39 is 0 Å². The predicted octanol–water partition coefficient (Wildman–Crippen LogP) is 0.616. The van der Waals surface area contributed by atoms with E-state index in [2.05, 4.69) is 5.32 Å². The largest absolute Gasteiger partial charge is 0.288 e. The Morgan fingerprint density at radius 3 is 1.70 bits per heavy atom. The second-order valence-electron chi connectivity index (χ2n) is 6.19. The summed E-state index contributed by atoms with van der Waals surface area (Å²) in [5.41, 5.74) is 3.51. The summed E-state index contributed by atoms with van der Waals surface area (Å²) in [5, 5.41) is 2.28. The zero-order valence-corrected chi connectivity index (χ0v) is 12.0. The van der Waals surface area contributed by atoms with E-state index >= 15 is 0 Å². The number of hydrogen-bond donors (Lipinski definition) is 1. The van der Waals surface area contributed by atoms with Gasteiger partial charge in [0.25, 0.3) is 23.6 Å². The number of hydrogen-bond acceptors (Lipinski definition) is 4. The lowest BCUT2D eigenvalue weighted by Gasteiger charge is -2.39. The standard InChI is InChI=1S/C17H10N2O4/c1-19-16(22)12-4-8-6-2-10-11(15(21)18-14(10)20)3-7(6)9(8)5-13(12)17(19)23/h2-5,8-9H,1H3,(H,18,20,21)/t8-,9+. The fourth-order valence-corrected chi connectivity index (χ4v) is 3.87. The fraction of sp³-hybridized carbons (Fsp3) is 0.176. The van der Waals surface area contributed by atoms with Crippen LogP contribution in [0.2, 0.25) is 0 Å². The van der Waals surface area contributed by atoms with Gasteiger partial charge in [0, 0.05) is 30.0 Å². The molecule has 23 heavy (non-hydrogen) atoms. The van der Waals surface area contributed by atoms with Gasteiger partial charge in [0.15, 0.2) is 0 Å². The van der Waals surface area contributed by atoms with Crippen LogP contribution in [0.5, 0.6) is 0 Å². The molecule has 112 valence electrons. The van der Waals surface area contributed by atoms with Crippen molar-refractivity contribution in [3.63, 3.8) is 0 Å². The maximum absolute atomic E-state index is 12.1. The zero-order valence-electron chi connectivity index (χ0n) is 12.0. The van der Waals surface area contributed by atoms with Crippen LogP contribution in [0.3, 0.4) is 0 Å². The highest BCUT2D eigenvalue weighted by Crippen LogP contribution is 2.54. The molecule has 2 atom stereocenters. The molecule has 1 saturated heterocycles. The van der Waals surface area contributed by atoms with Gasteiger partial charge < -0.3 is 0 Å². The molecule has 1 aromatic rings. The van der Waals surface area contributed by atoms with Gasteiger partial charge in [-0.05, 0) is 23.3 Å². The number of likely N-dealkylation sites (tertiary alicyclic amines) is 1. The van der Waals surface area contributed by atoms with Crippen LogP contribution < -0.4 is 5.32 Å². The third-order valence-corrected chi connectivity index (χ3v) is 5.10. The number of carbonyl (C=O) groups is 4. The summed E-state index contributed by atoms with van der Waals surface area (Å²) in [7, 11) is 1.47. The van der Waals surface area contributed by atoms with Gasteiger partial charge >= 0.3 is 0 Å². The van der Waals surface area contributed by atoms with Crippen molar-refractivity contribution in [3.05, 3.63) is 57.7 Å². The lowest BCUT2D eigenvalue weighted by Crippen LogP contribution is -2.26. The molecule has 1 N–H and O–H groups in total. The average Bonchev–Trinajstić information content (AvgIpc) is 2.93. The Kier molecular flexibility index (Phi) is 1.99. The van der Waals surface area contributed by atoms with E-state index in [1.807, 2.05) is 12.2 Å². The van der Waals surface area contributed by atoms with Crippen molar-refractivity contribution in [1.29, 1.82) is 0 Å². The number of fused-ring (bicyclic) bond motifs is 6. The van der Waals surface area contributed by atoms with Crippen LogP contribution in [0.4, 0.5) is 0 Å². The molecular formula is C17H10N2O4. The molecule has 0 aromatic heterocycles. The number of benzene rings is 1. The Balaban J connectivity index is 1.68. The Morgan fingerprint density at radius 1 is 0.826 bits per heavy atom. The second kappa shape index (κ2) is 3.65. The van der Waals surface area contributed by atoms with Crippen molar-refractivity contribution >= 4 is 23.6 Å². The maximum Gasteiger partial charge on any atom is 0.260 e. The summed E-state index contributed by atoms with van der Waals surface area (Å²) in [6.07, 6.45) is 3.63. The third kappa shape index (κ3) is 1.30. The van der Waals surface area contributed by atoms with Crippen molar-refractivity contribution in [2.24, 2.45) is 0 Å². The Labute approximate surface area is 130 Å². The highest BCUT2D eigenvalue weighted by molar-refractivity contribution is 6.25. The number of allylic oxidation sites excluding steroid dienone is 2. The summed E-state index contributed by atoms with van der Waals surface area (Å²) in [6.45, 7) is 0. The predicted molar refractivity (Wildman–Crippen MR) is 77.7 cm³/mol. The van der Waals surface area contributed by atoms with Gasteiger partial charge in [-0.1, -0.05) is 12.2 Å². The maximum atomic E-state index is 12.1. The van der Waals surface area contributed by atoms with Crippen molar-refractivity contribution in [2.75, 3.05) is 7.05 Å². The van der Waals surface area contributed by atoms with Crippen molar-refractivity contribution in [2.45, 2.75) is 11.8 Å². The molecule has 1 aromatic carbocycles. The fourth-order valence-electron chi connectivity index (χ4n) is 3.87. The number of carbonyl (C=O) groups excluding carboxylic acids is 4. The van der Waals surface area contributed by atoms with Crippen LogP contribution in [0, 0.1) is 0 Å². The first kappa shape index (κ1) is 12.5. The highest BCUT2D eigenvalue weighted by Gasteiger charge is 2.46. The molecule has 4 amide bonds. The van der Waals surface area contributed by atoms with Crippen molar-refractivity contribution in [3.8, 4) is 0 Å². The van der Waals surface area contributed by atoms with E-state index in [1.54, 1.807) is 12.1 Å². The minimum Gasteiger partial charge on any atom is -0.288 e. The number of imide groups is 2. The van der Waals surface area contributed by atoms with E-state index in [0.29, 0.717) is 22.3 Å². The van der Waals surface area contributed by atoms with Crippen LogP contribution >= 0.6 is 0 Å². The zero-order chi connectivity index (χ0) is 16.0.